The summed E-state index contributed by atoms with van der Waals surface area (Å²) in [4.78, 5) is 29.0. The number of piperazine rings is 1. The predicted molar refractivity (Wildman–Crippen MR) is 102 cm³/mol. The van der Waals surface area contributed by atoms with Crippen LogP contribution in [0.4, 0.5) is 21.9 Å². The van der Waals surface area contributed by atoms with Gasteiger partial charge in [-0.1, -0.05) is 6.92 Å². The lowest BCUT2D eigenvalue weighted by atomic mass is 10.2. The first-order valence-electron chi connectivity index (χ1n) is 8.84. The van der Waals surface area contributed by atoms with E-state index in [9.17, 15) is 14.9 Å². The maximum atomic E-state index is 12.3. The quantitative estimate of drug-likeness (QED) is 0.603. The summed E-state index contributed by atoms with van der Waals surface area (Å²) in [5, 5.41) is 11.4. The fraction of sp³-hybridized carbons (Fsp3) is 0.611. The van der Waals surface area contributed by atoms with E-state index in [1.165, 1.54) is 11.0 Å². The van der Waals surface area contributed by atoms with Crippen LogP contribution < -0.4 is 9.80 Å². The summed E-state index contributed by atoms with van der Waals surface area (Å²) in [7, 11) is 1.56. The molecule has 0 aromatic heterocycles. The van der Waals surface area contributed by atoms with Crippen LogP contribution in [0.15, 0.2) is 18.2 Å². The molecular weight excluding hydrogens is 336 g/mol. The van der Waals surface area contributed by atoms with E-state index in [1.807, 2.05) is 0 Å². The minimum absolute atomic E-state index is 0.0363. The Hall–Kier alpha value is -2.35. The number of ether oxygens (including phenoxy) is 1. The number of likely N-dealkylation sites (N-methyl/N-ethyl adjacent to an activating group) is 1. The van der Waals surface area contributed by atoms with Crippen molar-refractivity contribution in [3.8, 4) is 0 Å². The Morgan fingerprint density at radius 3 is 2.35 bits per heavy atom. The van der Waals surface area contributed by atoms with E-state index in [-0.39, 0.29) is 5.69 Å². The Morgan fingerprint density at radius 2 is 1.85 bits per heavy atom. The van der Waals surface area contributed by atoms with Gasteiger partial charge in [0.2, 0.25) is 0 Å². The number of carbonyl (C=O) groups is 1. The summed E-state index contributed by atoms with van der Waals surface area (Å²) in [6, 6.07) is 4.77. The van der Waals surface area contributed by atoms with Crippen molar-refractivity contribution in [3.05, 3.63) is 28.3 Å². The molecule has 1 aromatic rings. The predicted octanol–water partition coefficient (Wildman–Crippen LogP) is 3.11. The zero-order valence-corrected chi connectivity index (χ0v) is 16.2. The molecule has 0 aliphatic carbocycles. The minimum atomic E-state index is -0.634. The lowest BCUT2D eigenvalue weighted by Gasteiger charge is -2.35. The van der Waals surface area contributed by atoms with Gasteiger partial charge < -0.3 is 14.5 Å². The molecule has 1 heterocycles. The second-order valence-electron chi connectivity index (χ2n) is 7.43. The van der Waals surface area contributed by atoms with Gasteiger partial charge in [-0.25, -0.2) is 4.79 Å². The molecule has 0 atom stereocenters. The summed E-state index contributed by atoms with van der Waals surface area (Å²) in [5.41, 5.74) is 0.526. The number of anilines is 2. The van der Waals surface area contributed by atoms with Crippen LogP contribution in [0.1, 0.15) is 27.7 Å². The third-order valence-corrected chi connectivity index (χ3v) is 4.34. The molecule has 1 aliphatic rings. The van der Waals surface area contributed by atoms with Crippen LogP contribution in [0.3, 0.4) is 0 Å². The molecule has 1 aliphatic heterocycles. The van der Waals surface area contributed by atoms with E-state index in [4.69, 9.17) is 4.74 Å². The number of amides is 1. The highest BCUT2D eigenvalue weighted by molar-refractivity contribution is 5.88. The number of non-ortho nitro benzene ring substituents is 1. The first kappa shape index (κ1) is 20.0. The first-order valence-corrected chi connectivity index (χ1v) is 8.84. The van der Waals surface area contributed by atoms with Crippen LogP contribution in [-0.2, 0) is 4.74 Å². The van der Waals surface area contributed by atoms with Crippen molar-refractivity contribution in [1.82, 2.24) is 4.90 Å². The average molecular weight is 364 g/mol. The van der Waals surface area contributed by atoms with Crippen molar-refractivity contribution in [2.24, 2.45) is 0 Å². The number of nitrogens with zero attached hydrogens (tertiary/aromatic N) is 4. The number of carbonyl (C=O) groups excluding carboxylic acids is 1. The molecule has 8 heteroatoms. The van der Waals surface area contributed by atoms with Gasteiger partial charge in [0.15, 0.2) is 0 Å². The number of rotatable bonds is 4. The fourth-order valence-electron chi connectivity index (χ4n) is 2.82. The number of nitro benzene ring substituents is 1. The highest BCUT2D eigenvalue weighted by Gasteiger charge is 2.24. The van der Waals surface area contributed by atoms with Gasteiger partial charge >= 0.3 is 6.09 Å². The summed E-state index contributed by atoms with van der Waals surface area (Å²) in [6.45, 7) is 11.9. The standard InChI is InChI=1S/C18H28N4O4/c1-6-20-7-9-21(10-8-20)15-11-14(12-16(13-15)22(24)25)19(5)17(23)26-18(2,3)4/h11-13H,6-10H2,1-5H3. The van der Waals surface area contributed by atoms with E-state index in [0.717, 1.165) is 38.4 Å². The van der Waals surface area contributed by atoms with Gasteiger partial charge in [-0.05, 0) is 33.4 Å². The van der Waals surface area contributed by atoms with Gasteiger partial charge in [-0.2, -0.15) is 0 Å². The molecule has 0 spiro atoms. The Kier molecular flexibility index (Phi) is 6.07. The van der Waals surface area contributed by atoms with Gasteiger partial charge in [0.1, 0.15) is 5.60 Å². The number of hydrogen-bond donors (Lipinski definition) is 0. The van der Waals surface area contributed by atoms with E-state index in [1.54, 1.807) is 40.0 Å². The molecular formula is C18H28N4O4. The number of hydrogen-bond acceptors (Lipinski definition) is 6. The Morgan fingerprint density at radius 1 is 1.23 bits per heavy atom. The zero-order valence-electron chi connectivity index (χ0n) is 16.2. The minimum Gasteiger partial charge on any atom is -0.443 e. The molecule has 0 radical (unpaired) electrons. The summed E-state index contributed by atoms with van der Waals surface area (Å²) in [6.07, 6.45) is -0.542. The molecule has 1 saturated heterocycles. The SMILES string of the molecule is CCN1CCN(c2cc(N(C)C(=O)OC(C)(C)C)cc([N+](=O)[O-])c2)CC1. The molecule has 2 rings (SSSR count). The molecule has 0 saturated carbocycles. The molecule has 0 unspecified atom stereocenters. The number of nitro groups is 1. The molecule has 26 heavy (non-hydrogen) atoms. The second-order valence-corrected chi connectivity index (χ2v) is 7.43. The van der Waals surface area contributed by atoms with Crippen LogP contribution in [0.2, 0.25) is 0 Å². The van der Waals surface area contributed by atoms with Crippen LogP contribution >= 0.6 is 0 Å². The maximum absolute atomic E-state index is 12.3. The second kappa shape index (κ2) is 7.90. The monoisotopic (exact) mass is 364 g/mol. The van der Waals surface area contributed by atoms with Crippen LogP contribution in [0, 0.1) is 10.1 Å². The molecule has 1 amide bonds. The van der Waals surface area contributed by atoms with Crippen LogP contribution in [-0.4, -0.2) is 61.3 Å². The Bertz CT molecular complexity index is 664. The van der Waals surface area contributed by atoms with Crippen molar-refractivity contribution < 1.29 is 14.5 Å². The maximum Gasteiger partial charge on any atom is 0.414 e. The van der Waals surface area contributed by atoms with Gasteiger partial charge in [-0.3, -0.25) is 15.0 Å². The lowest BCUT2D eigenvalue weighted by molar-refractivity contribution is -0.384. The summed E-state index contributed by atoms with van der Waals surface area (Å²) >= 11 is 0. The van der Waals surface area contributed by atoms with Crippen molar-refractivity contribution in [2.45, 2.75) is 33.3 Å². The van der Waals surface area contributed by atoms with Gasteiger partial charge in [0.25, 0.3) is 5.69 Å². The van der Waals surface area contributed by atoms with Crippen LogP contribution in [0.5, 0.6) is 0 Å². The highest BCUT2D eigenvalue weighted by Crippen LogP contribution is 2.30. The Balaban J connectivity index is 2.28. The fourth-order valence-corrected chi connectivity index (χ4v) is 2.82. The van der Waals surface area contributed by atoms with Crippen molar-refractivity contribution in [2.75, 3.05) is 49.6 Å². The first-order chi connectivity index (χ1) is 12.1. The van der Waals surface area contributed by atoms with E-state index < -0.39 is 16.6 Å². The molecule has 8 nitrogen and oxygen atoms in total. The van der Waals surface area contributed by atoms with Crippen molar-refractivity contribution in [1.29, 1.82) is 0 Å². The third-order valence-electron chi connectivity index (χ3n) is 4.34. The van der Waals surface area contributed by atoms with Crippen LogP contribution in [0.25, 0.3) is 0 Å². The molecule has 0 N–H and O–H groups in total. The molecule has 0 bridgehead atoms. The Labute approximate surface area is 154 Å². The van der Waals surface area contributed by atoms with Gasteiger partial charge in [-0.15, -0.1) is 0 Å². The zero-order chi connectivity index (χ0) is 19.5. The topological polar surface area (TPSA) is 79.2 Å². The smallest absolute Gasteiger partial charge is 0.414 e. The van der Waals surface area contributed by atoms with E-state index in [2.05, 4.69) is 16.7 Å². The normalized spacial score (nSPS) is 15.7. The molecule has 144 valence electrons. The van der Waals surface area contributed by atoms with E-state index >= 15 is 0 Å². The van der Waals surface area contributed by atoms with E-state index in [0.29, 0.717) is 5.69 Å². The number of benzene rings is 1. The van der Waals surface area contributed by atoms with Crippen molar-refractivity contribution in [3.63, 3.8) is 0 Å². The van der Waals surface area contributed by atoms with Crippen molar-refractivity contribution >= 4 is 23.2 Å². The summed E-state index contributed by atoms with van der Waals surface area (Å²) < 4.78 is 5.37. The average Bonchev–Trinajstić information content (AvgIpc) is 2.59. The van der Waals surface area contributed by atoms with Gasteiger partial charge in [0.05, 0.1) is 10.6 Å². The lowest BCUT2D eigenvalue weighted by Crippen LogP contribution is -2.46. The van der Waals surface area contributed by atoms with Gasteiger partial charge in [0, 0.05) is 51.0 Å². The third kappa shape index (κ3) is 5.08. The highest BCUT2D eigenvalue weighted by atomic mass is 16.6. The summed E-state index contributed by atoms with van der Waals surface area (Å²) in [5.74, 6) is 0. The molecule has 1 fully saturated rings. The molecule has 1 aromatic carbocycles. The largest absolute Gasteiger partial charge is 0.443 e.